The van der Waals surface area contributed by atoms with Crippen molar-refractivity contribution in [3.8, 4) is 0 Å². The number of nitro groups is 2. The number of aromatic nitrogens is 5. The van der Waals surface area contributed by atoms with Crippen molar-refractivity contribution in [2.24, 2.45) is 0 Å². The summed E-state index contributed by atoms with van der Waals surface area (Å²) in [7, 11) is 0. The van der Waals surface area contributed by atoms with E-state index in [1.165, 1.54) is 47.7 Å². The average molecular weight is 655 g/mol. The lowest BCUT2D eigenvalue weighted by molar-refractivity contribution is -0.385. The van der Waals surface area contributed by atoms with Gasteiger partial charge in [-0.3, -0.25) is 24.9 Å². The van der Waals surface area contributed by atoms with Gasteiger partial charge in [-0.1, -0.05) is 30.3 Å². The Labute approximate surface area is 271 Å². The molecule has 2 atom stereocenters. The Balaban J connectivity index is 1.36. The molecule has 6 aromatic rings. The molecule has 0 saturated heterocycles. The minimum atomic E-state index is -1.93. The first-order valence-corrected chi connectivity index (χ1v) is 14.7. The van der Waals surface area contributed by atoms with E-state index in [0.29, 0.717) is 30.1 Å². The van der Waals surface area contributed by atoms with Gasteiger partial charge in [0.25, 0.3) is 11.4 Å². The van der Waals surface area contributed by atoms with Crippen molar-refractivity contribution in [1.82, 2.24) is 24.5 Å². The Morgan fingerprint density at radius 3 is 2.04 bits per heavy atom. The van der Waals surface area contributed by atoms with Crippen molar-refractivity contribution in [1.29, 1.82) is 0 Å². The highest BCUT2D eigenvalue weighted by atomic mass is 19.1. The molecule has 0 bridgehead atoms. The predicted octanol–water partition coefficient (Wildman–Crippen LogP) is 6.08. The molecule has 2 aromatic heterocycles. The molecule has 2 heterocycles. The molecule has 0 aliphatic rings. The molecule has 0 fully saturated rings. The fourth-order valence-electron chi connectivity index (χ4n) is 5.72. The number of rotatable bonds is 12. The first-order valence-electron chi connectivity index (χ1n) is 14.7. The number of halogens is 2. The van der Waals surface area contributed by atoms with Crippen LogP contribution in [-0.2, 0) is 25.2 Å². The number of non-ortho nitro benzene ring substituents is 2. The molecule has 0 amide bonds. The van der Waals surface area contributed by atoms with Crippen molar-refractivity contribution in [3.63, 3.8) is 0 Å². The van der Waals surface area contributed by atoms with Crippen LogP contribution in [0.1, 0.15) is 29.7 Å². The highest BCUT2D eigenvalue weighted by molar-refractivity contribution is 5.83. The largest absolute Gasteiger partial charge is 0.381 e. The van der Waals surface area contributed by atoms with Gasteiger partial charge in [-0.15, -0.1) is 0 Å². The topological polar surface area (TPSA) is 158 Å². The van der Waals surface area contributed by atoms with E-state index in [9.17, 15) is 29.7 Å². The Morgan fingerprint density at radius 1 is 0.875 bits per heavy atom. The van der Waals surface area contributed by atoms with Crippen molar-refractivity contribution in [2.45, 2.75) is 38.2 Å². The number of anilines is 1. The van der Waals surface area contributed by atoms with Crippen LogP contribution in [0.5, 0.6) is 0 Å². The number of hydrogen-bond acceptors (Lipinski definition) is 9. The lowest BCUT2D eigenvalue weighted by atomic mass is 9.86. The monoisotopic (exact) mass is 654 g/mol. The fourth-order valence-corrected chi connectivity index (χ4v) is 5.72. The Kier molecular flexibility index (Phi) is 8.61. The van der Waals surface area contributed by atoms with Crippen LogP contribution < -0.4 is 4.90 Å². The van der Waals surface area contributed by atoms with Crippen LogP contribution >= 0.6 is 0 Å². The third-order valence-corrected chi connectivity index (χ3v) is 8.31. The SMILES string of the molecule is C[C@@H](n1ncc2cc(N(Cc3ccc([N+](=O)[O-])cc3)Cc3ccc([N+](=O)[O-])cc3)ccc21)[C@](O)(Cn1cncn1)c1ccc(F)cc1F. The van der Waals surface area contributed by atoms with Gasteiger partial charge in [-0.05, 0) is 42.3 Å². The molecular formula is C33H28F2N8O5. The summed E-state index contributed by atoms with van der Waals surface area (Å²) in [6.45, 7) is 2.18. The van der Waals surface area contributed by atoms with Gasteiger partial charge in [-0.25, -0.2) is 18.4 Å². The normalized spacial score (nSPS) is 13.2. The number of nitro benzene ring substituents is 2. The molecule has 48 heavy (non-hydrogen) atoms. The molecule has 244 valence electrons. The van der Waals surface area contributed by atoms with E-state index in [4.69, 9.17) is 0 Å². The molecule has 0 aliphatic heterocycles. The van der Waals surface area contributed by atoms with Crippen LogP contribution in [0.25, 0.3) is 10.9 Å². The molecule has 6 rings (SSSR count). The van der Waals surface area contributed by atoms with E-state index in [-0.39, 0.29) is 23.5 Å². The summed E-state index contributed by atoms with van der Waals surface area (Å²) in [6.07, 6.45) is 4.29. The maximum absolute atomic E-state index is 15.2. The molecule has 0 saturated carbocycles. The molecule has 0 radical (unpaired) electrons. The molecule has 0 unspecified atom stereocenters. The quantitative estimate of drug-likeness (QED) is 0.122. The van der Waals surface area contributed by atoms with Crippen LogP contribution in [0, 0.1) is 31.9 Å². The summed E-state index contributed by atoms with van der Waals surface area (Å²) < 4.78 is 31.9. The standard InChI is InChI=1S/C33H28F2N8O5/c1-22(33(44,19-40-21-36-20-38-40)30-12-6-26(34)15-31(30)35)41-32-13-11-29(14-25(32)16-37-41)39(17-23-2-7-27(8-3-23)42(45)46)18-24-4-9-28(10-5-24)43(47)48/h2-16,20-22,44H,17-19H2,1H3/t22-,33-/m1/s1. The number of hydrogen-bond donors (Lipinski definition) is 1. The van der Waals surface area contributed by atoms with Gasteiger partial charge >= 0.3 is 0 Å². The molecular weight excluding hydrogens is 626 g/mol. The Bertz CT molecular complexity index is 2030. The van der Waals surface area contributed by atoms with E-state index in [1.54, 1.807) is 42.1 Å². The summed E-state index contributed by atoms with van der Waals surface area (Å²) in [6, 6.07) is 20.1. The van der Waals surface area contributed by atoms with Gasteiger partial charge in [0, 0.05) is 60.1 Å². The smallest absolute Gasteiger partial charge is 0.269 e. The highest BCUT2D eigenvalue weighted by Gasteiger charge is 2.41. The Morgan fingerprint density at radius 2 is 1.50 bits per heavy atom. The third kappa shape index (κ3) is 6.43. The second kappa shape index (κ2) is 13.0. The molecule has 0 spiro atoms. The van der Waals surface area contributed by atoms with Crippen molar-refractivity contribution >= 4 is 28.0 Å². The van der Waals surface area contributed by atoms with Crippen LogP contribution in [-0.4, -0.2) is 39.5 Å². The van der Waals surface area contributed by atoms with E-state index >= 15 is 4.39 Å². The van der Waals surface area contributed by atoms with Crippen LogP contribution in [0.3, 0.4) is 0 Å². The Hall–Kier alpha value is -6.09. The minimum Gasteiger partial charge on any atom is -0.381 e. The van der Waals surface area contributed by atoms with E-state index in [2.05, 4.69) is 15.2 Å². The maximum Gasteiger partial charge on any atom is 0.269 e. The summed E-state index contributed by atoms with van der Waals surface area (Å²) >= 11 is 0. The van der Waals surface area contributed by atoms with Gasteiger partial charge in [0.2, 0.25) is 0 Å². The number of aliphatic hydroxyl groups is 1. The molecule has 13 nitrogen and oxygen atoms in total. The number of benzene rings is 4. The van der Waals surface area contributed by atoms with E-state index in [0.717, 1.165) is 22.9 Å². The maximum atomic E-state index is 15.2. The van der Waals surface area contributed by atoms with Gasteiger partial charge in [0.1, 0.15) is 29.9 Å². The van der Waals surface area contributed by atoms with Crippen LogP contribution in [0.2, 0.25) is 0 Å². The summed E-state index contributed by atoms with van der Waals surface area (Å²) in [5.74, 6) is -1.70. The lowest BCUT2D eigenvalue weighted by Gasteiger charge is -2.35. The third-order valence-electron chi connectivity index (χ3n) is 8.31. The summed E-state index contributed by atoms with van der Waals surface area (Å²) in [5.41, 5.74) is 0.842. The zero-order valence-corrected chi connectivity index (χ0v) is 25.4. The molecule has 15 heteroatoms. The second-order valence-corrected chi connectivity index (χ2v) is 11.4. The highest BCUT2D eigenvalue weighted by Crippen LogP contribution is 2.38. The van der Waals surface area contributed by atoms with Crippen LogP contribution in [0.15, 0.2) is 104 Å². The minimum absolute atomic E-state index is 0.0343. The van der Waals surface area contributed by atoms with Gasteiger partial charge in [-0.2, -0.15) is 10.2 Å². The van der Waals surface area contributed by atoms with Gasteiger partial charge in [0.15, 0.2) is 0 Å². The lowest BCUT2D eigenvalue weighted by Crippen LogP contribution is -2.41. The van der Waals surface area contributed by atoms with Crippen molar-refractivity contribution < 1.29 is 23.7 Å². The molecule has 1 N–H and O–H groups in total. The summed E-state index contributed by atoms with van der Waals surface area (Å²) in [4.78, 5) is 27.4. The molecule has 0 aliphatic carbocycles. The van der Waals surface area contributed by atoms with Crippen molar-refractivity contribution in [2.75, 3.05) is 4.90 Å². The van der Waals surface area contributed by atoms with Crippen molar-refractivity contribution in [3.05, 3.63) is 152 Å². The van der Waals surface area contributed by atoms with Gasteiger partial charge in [0.05, 0.1) is 34.1 Å². The first-order chi connectivity index (χ1) is 23.0. The fraction of sp³-hybridized carbons (Fsp3) is 0.182. The number of fused-ring (bicyclic) bond motifs is 1. The zero-order chi connectivity index (χ0) is 34.0. The number of nitrogens with zero attached hydrogens (tertiary/aromatic N) is 8. The summed E-state index contributed by atoms with van der Waals surface area (Å²) in [5, 5.41) is 43.8. The van der Waals surface area contributed by atoms with E-state index < -0.39 is 33.1 Å². The average Bonchev–Trinajstić information content (AvgIpc) is 3.74. The second-order valence-electron chi connectivity index (χ2n) is 11.4. The molecule has 4 aromatic carbocycles. The predicted molar refractivity (Wildman–Crippen MR) is 171 cm³/mol. The zero-order valence-electron chi connectivity index (χ0n) is 25.4. The first kappa shape index (κ1) is 31.9. The van der Waals surface area contributed by atoms with Gasteiger partial charge < -0.3 is 10.0 Å². The van der Waals surface area contributed by atoms with E-state index in [1.807, 2.05) is 23.1 Å². The van der Waals surface area contributed by atoms with Crippen LogP contribution in [0.4, 0.5) is 25.8 Å².